The summed E-state index contributed by atoms with van der Waals surface area (Å²) in [5.41, 5.74) is 0. The van der Waals surface area contributed by atoms with Crippen LogP contribution in [0.25, 0.3) is 0 Å². The summed E-state index contributed by atoms with van der Waals surface area (Å²) in [5.74, 6) is -1.94. The third-order valence-corrected chi connectivity index (χ3v) is 4.67. The largest absolute Gasteiger partial charge is 0.353 e. The zero-order valence-electron chi connectivity index (χ0n) is 10.4. The van der Waals surface area contributed by atoms with E-state index in [9.17, 15) is 13.6 Å². The van der Waals surface area contributed by atoms with Crippen LogP contribution in [0.5, 0.6) is 0 Å². The Balaban J connectivity index is 1.82. The monoisotopic (exact) mass is 279 g/mol. The van der Waals surface area contributed by atoms with Crippen LogP contribution in [0.15, 0.2) is 0 Å². The minimum Gasteiger partial charge on any atom is -0.353 e. The molecule has 0 heterocycles. The van der Waals surface area contributed by atoms with E-state index in [1.54, 1.807) is 0 Å². The van der Waals surface area contributed by atoms with Gasteiger partial charge in [-0.15, -0.1) is 11.6 Å². The summed E-state index contributed by atoms with van der Waals surface area (Å²) in [5, 5.41) is 3.01. The van der Waals surface area contributed by atoms with E-state index in [1.807, 2.05) is 0 Å². The predicted octanol–water partition coefficient (Wildman–Crippen LogP) is 3.34. The van der Waals surface area contributed by atoms with Crippen molar-refractivity contribution < 1.29 is 13.6 Å². The van der Waals surface area contributed by atoms with Crippen LogP contribution in [0.2, 0.25) is 0 Å². The molecular formula is C13H20ClF2NO. The predicted molar refractivity (Wildman–Crippen MR) is 66.9 cm³/mol. The van der Waals surface area contributed by atoms with Gasteiger partial charge in [-0.3, -0.25) is 4.79 Å². The third kappa shape index (κ3) is 3.34. The van der Waals surface area contributed by atoms with E-state index in [0.29, 0.717) is 24.6 Å². The molecule has 2 fully saturated rings. The highest BCUT2D eigenvalue weighted by molar-refractivity contribution is 6.18. The Labute approximate surface area is 111 Å². The molecular weight excluding hydrogens is 260 g/mol. The van der Waals surface area contributed by atoms with E-state index in [0.717, 1.165) is 19.3 Å². The average Bonchev–Trinajstić information content (AvgIpc) is 2.76. The number of amides is 1. The number of halogens is 3. The number of carbonyl (C=O) groups excluding carboxylic acids is 1. The van der Waals surface area contributed by atoms with Crippen molar-refractivity contribution in [1.29, 1.82) is 0 Å². The molecule has 2 rings (SSSR count). The fraction of sp³-hybridized carbons (Fsp3) is 0.923. The molecule has 0 spiro atoms. The Morgan fingerprint density at radius 2 is 1.89 bits per heavy atom. The van der Waals surface area contributed by atoms with Crippen LogP contribution in [-0.2, 0) is 4.79 Å². The summed E-state index contributed by atoms with van der Waals surface area (Å²) in [6, 6.07) is 0.150. The second kappa shape index (κ2) is 5.72. The maximum Gasteiger partial charge on any atom is 0.248 e. The van der Waals surface area contributed by atoms with Crippen molar-refractivity contribution in [3.63, 3.8) is 0 Å². The Morgan fingerprint density at radius 3 is 2.50 bits per heavy atom. The highest BCUT2D eigenvalue weighted by atomic mass is 35.5. The molecule has 2 nitrogen and oxygen atoms in total. The molecule has 2 saturated carbocycles. The van der Waals surface area contributed by atoms with Crippen LogP contribution in [0.4, 0.5) is 8.78 Å². The van der Waals surface area contributed by atoms with Crippen molar-refractivity contribution in [2.75, 3.05) is 5.88 Å². The molecule has 5 heteroatoms. The summed E-state index contributed by atoms with van der Waals surface area (Å²) in [4.78, 5) is 12.0. The summed E-state index contributed by atoms with van der Waals surface area (Å²) in [7, 11) is 0. The molecule has 0 saturated heterocycles. The molecule has 0 aromatic heterocycles. The van der Waals surface area contributed by atoms with E-state index < -0.39 is 5.92 Å². The highest BCUT2D eigenvalue weighted by Gasteiger charge is 2.38. The Hall–Kier alpha value is -0.380. The maximum atomic E-state index is 13.0. The van der Waals surface area contributed by atoms with E-state index in [1.165, 1.54) is 0 Å². The molecule has 2 unspecified atom stereocenters. The van der Waals surface area contributed by atoms with Gasteiger partial charge in [0.1, 0.15) is 0 Å². The molecule has 0 bridgehead atoms. The lowest BCUT2D eigenvalue weighted by atomic mass is 9.86. The minimum absolute atomic E-state index is 0.0486. The molecule has 104 valence electrons. The van der Waals surface area contributed by atoms with Gasteiger partial charge in [0.25, 0.3) is 0 Å². The first-order valence-electron chi connectivity index (χ1n) is 6.76. The summed E-state index contributed by atoms with van der Waals surface area (Å²) >= 11 is 5.86. The number of alkyl halides is 3. The Morgan fingerprint density at radius 1 is 1.22 bits per heavy atom. The lowest BCUT2D eigenvalue weighted by molar-refractivity contribution is -0.130. The van der Waals surface area contributed by atoms with Crippen molar-refractivity contribution in [3.8, 4) is 0 Å². The lowest BCUT2D eigenvalue weighted by Gasteiger charge is -2.29. The normalized spacial score (nSPS) is 32.4. The topological polar surface area (TPSA) is 29.1 Å². The average molecular weight is 280 g/mol. The number of nitrogens with one attached hydrogen (secondary N) is 1. The van der Waals surface area contributed by atoms with Crippen LogP contribution in [0.3, 0.4) is 0 Å². The number of carbonyl (C=O) groups is 1. The third-order valence-electron chi connectivity index (χ3n) is 4.27. The number of hydrogen-bond donors (Lipinski definition) is 1. The van der Waals surface area contributed by atoms with Crippen molar-refractivity contribution >= 4 is 17.5 Å². The summed E-state index contributed by atoms with van der Waals surface area (Å²) < 4.78 is 26.0. The molecule has 0 radical (unpaired) electrons. The first-order valence-corrected chi connectivity index (χ1v) is 7.29. The van der Waals surface area contributed by atoms with Crippen molar-refractivity contribution in [2.24, 2.45) is 11.8 Å². The summed E-state index contributed by atoms with van der Waals surface area (Å²) in [6.45, 7) is 0. The molecule has 2 aliphatic rings. The zero-order valence-corrected chi connectivity index (χ0v) is 11.2. The molecule has 2 aliphatic carbocycles. The van der Waals surface area contributed by atoms with E-state index >= 15 is 0 Å². The van der Waals surface area contributed by atoms with Crippen LogP contribution in [0, 0.1) is 11.8 Å². The maximum absolute atomic E-state index is 13.0. The molecule has 18 heavy (non-hydrogen) atoms. The Bertz CT molecular complexity index is 301. The fourth-order valence-corrected chi connectivity index (χ4v) is 3.38. The molecule has 1 amide bonds. The first-order chi connectivity index (χ1) is 8.52. The Kier molecular flexibility index (Phi) is 4.46. The van der Waals surface area contributed by atoms with Gasteiger partial charge in [0.05, 0.1) is 0 Å². The van der Waals surface area contributed by atoms with Crippen LogP contribution in [0.1, 0.15) is 44.9 Å². The first kappa shape index (κ1) is 14.0. The van der Waals surface area contributed by atoms with Gasteiger partial charge < -0.3 is 5.32 Å². The standard InChI is InChI=1S/C13H20ClF2NO/c14-8-10-2-1-3-11(10)17-12(18)9-4-6-13(15,16)7-5-9/h9-11H,1-8H2,(H,17,18). The van der Waals surface area contributed by atoms with Gasteiger partial charge in [-0.2, -0.15) is 0 Å². The van der Waals surface area contributed by atoms with Gasteiger partial charge in [0.15, 0.2) is 0 Å². The zero-order chi connectivity index (χ0) is 13.2. The van der Waals surface area contributed by atoms with E-state index in [2.05, 4.69) is 5.32 Å². The van der Waals surface area contributed by atoms with Gasteiger partial charge in [-0.25, -0.2) is 8.78 Å². The van der Waals surface area contributed by atoms with E-state index in [4.69, 9.17) is 11.6 Å². The fourth-order valence-electron chi connectivity index (χ4n) is 3.01. The van der Waals surface area contributed by atoms with Gasteiger partial charge in [-0.1, -0.05) is 6.42 Å². The van der Waals surface area contributed by atoms with Crippen molar-refractivity contribution in [1.82, 2.24) is 5.32 Å². The lowest BCUT2D eigenvalue weighted by Crippen LogP contribution is -2.43. The van der Waals surface area contributed by atoms with Gasteiger partial charge in [0.2, 0.25) is 11.8 Å². The van der Waals surface area contributed by atoms with Gasteiger partial charge >= 0.3 is 0 Å². The summed E-state index contributed by atoms with van der Waals surface area (Å²) in [6.07, 6.45) is 3.39. The molecule has 2 atom stereocenters. The highest BCUT2D eigenvalue weighted by Crippen LogP contribution is 2.36. The van der Waals surface area contributed by atoms with Crippen molar-refractivity contribution in [2.45, 2.75) is 56.9 Å². The second-order valence-electron chi connectivity index (χ2n) is 5.59. The van der Waals surface area contributed by atoms with Crippen LogP contribution in [-0.4, -0.2) is 23.8 Å². The minimum atomic E-state index is -2.57. The smallest absolute Gasteiger partial charge is 0.248 e. The SMILES string of the molecule is O=C(NC1CCCC1CCl)C1CCC(F)(F)CC1. The van der Waals surface area contributed by atoms with Gasteiger partial charge in [-0.05, 0) is 31.6 Å². The quantitative estimate of drug-likeness (QED) is 0.789. The number of rotatable bonds is 3. The molecule has 0 aromatic carbocycles. The van der Waals surface area contributed by atoms with Crippen molar-refractivity contribution in [3.05, 3.63) is 0 Å². The van der Waals surface area contributed by atoms with Crippen LogP contribution < -0.4 is 5.32 Å². The molecule has 0 aromatic rings. The van der Waals surface area contributed by atoms with Gasteiger partial charge in [0, 0.05) is 30.7 Å². The molecule has 0 aliphatic heterocycles. The molecule has 1 N–H and O–H groups in total. The van der Waals surface area contributed by atoms with E-state index in [-0.39, 0.29) is 30.7 Å². The second-order valence-corrected chi connectivity index (χ2v) is 5.90. The number of hydrogen-bond acceptors (Lipinski definition) is 1. The van der Waals surface area contributed by atoms with Crippen LogP contribution >= 0.6 is 11.6 Å².